The van der Waals surface area contributed by atoms with Crippen molar-refractivity contribution in [2.75, 3.05) is 19.6 Å². The summed E-state index contributed by atoms with van der Waals surface area (Å²) in [6.07, 6.45) is 8.31. The van der Waals surface area contributed by atoms with Crippen molar-refractivity contribution in [2.24, 2.45) is 11.8 Å². The lowest BCUT2D eigenvalue weighted by Gasteiger charge is -2.31. The molecular weight excluding hydrogens is 286 g/mol. The van der Waals surface area contributed by atoms with Gasteiger partial charge < -0.3 is 4.90 Å². The molecule has 130 valence electrons. The average molecular weight is 319 g/mol. The molecule has 0 amide bonds. The monoisotopic (exact) mass is 319 g/mol. The highest BCUT2D eigenvalue weighted by Crippen LogP contribution is 2.20. The van der Waals surface area contributed by atoms with Crippen LogP contribution in [0, 0.1) is 11.8 Å². The van der Waals surface area contributed by atoms with Gasteiger partial charge in [0, 0.05) is 31.6 Å². The normalized spacial score (nSPS) is 18.5. The molecule has 0 aliphatic carbocycles. The van der Waals surface area contributed by atoms with Crippen LogP contribution in [0.3, 0.4) is 0 Å². The van der Waals surface area contributed by atoms with E-state index in [-0.39, 0.29) is 5.92 Å². The van der Waals surface area contributed by atoms with Crippen molar-refractivity contribution in [2.45, 2.75) is 65.8 Å². The van der Waals surface area contributed by atoms with Crippen molar-refractivity contribution in [1.82, 2.24) is 14.7 Å². The van der Waals surface area contributed by atoms with Crippen molar-refractivity contribution >= 4 is 5.78 Å². The first-order valence-corrected chi connectivity index (χ1v) is 9.27. The van der Waals surface area contributed by atoms with Gasteiger partial charge >= 0.3 is 0 Å². The number of carbonyl (C=O) groups excluding carboxylic acids is 1. The number of ketones is 1. The second kappa shape index (κ2) is 8.62. The second-order valence-corrected chi connectivity index (χ2v) is 7.46. The number of nitrogens with zero attached hydrogens (tertiary/aromatic N) is 3. The van der Waals surface area contributed by atoms with Crippen LogP contribution in [0.5, 0.6) is 0 Å². The molecule has 23 heavy (non-hydrogen) atoms. The molecule has 0 N–H and O–H groups in total. The first-order chi connectivity index (χ1) is 11.0. The molecule has 0 radical (unpaired) electrons. The molecule has 0 saturated carbocycles. The van der Waals surface area contributed by atoms with Gasteiger partial charge in [0.2, 0.25) is 0 Å². The van der Waals surface area contributed by atoms with Crippen LogP contribution < -0.4 is 0 Å². The van der Waals surface area contributed by atoms with E-state index in [0.717, 1.165) is 44.9 Å². The van der Waals surface area contributed by atoms with Crippen LogP contribution in [-0.2, 0) is 11.3 Å². The molecule has 2 heterocycles. The number of piperidine rings is 1. The lowest BCUT2D eigenvalue weighted by atomic mass is 9.96. The molecule has 1 unspecified atom stereocenters. The van der Waals surface area contributed by atoms with Gasteiger partial charge in [-0.15, -0.1) is 0 Å². The van der Waals surface area contributed by atoms with Gasteiger partial charge in [-0.2, -0.15) is 5.10 Å². The molecule has 0 bridgehead atoms. The third kappa shape index (κ3) is 5.45. The molecule has 1 fully saturated rings. The summed E-state index contributed by atoms with van der Waals surface area (Å²) in [7, 11) is 0. The Morgan fingerprint density at radius 1 is 1.30 bits per heavy atom. The van der Waals surface area contributed by atoms with Crippen LogP contribution in [0.2, 0.25) is 0 Å². The van der Waals surface area contributed by atoms with Gasteiger partial charge in [-0.1, -0.05) is 27.7 Å². The Kier molecular flexibility index (Phi) is 6.82. The Morgan fingerprint density at radius 2 is 2.00 bits per heavy atom. The first kappa shape index (κ1) is 18.2. The van der Waals surface area contributed by atoms with E-state index < -0.39 is 0 Å². The zero-order chi connectivity index (χ0) is 16.8. The largest absolute Gasteiger partial charge is 0.303 e. The molecule has 4 nitrogen and oxygen atoms in total. The number of aromatic nitrogens is 2. The minimum Gasteiger partial charge on any atom is -0.303 e. The number of Topliss-reactive ketones (excluding diaryl/α,β-unsaturated/α-hetero) is 1. The maximum absolute atomic E-state index is 11.9. The molecule has 1 aromatic rings. The highest BCUT2D eigenvalue weighted by Gasteiger charge is 2.21. The molecule has 1 aliphatic heterocycles. The van der Waals surface area contributed by atoms with Crippen LogP contribution in [-0.4, -0.2) is 40.1 Å². The maximum Gasteiger partial charge on any atom is 0.136 e. The molecule has 4 heteroatoms. The van der Waals surface area contributed by atoms with Gasteiger partial charge in [-0.3, -0.25) is 9.48 Å². The average Bonchev–Trinajstić information content (AvgIpc) is 3.02. The van der Waals surface area contributed by atoms with E-state index in [1.54, 1.807) is 0 Å². The number of hydrogen-bond acceptors (Lipinski definition) is 3. The molecule has 2 rings (SSSR count). The highest BCUT2D eigenvalue weighted by atomic mass is 16.1. The highest BCUT2D eigenvalue weighted by molar-refractivity contribution is 5.80. The molecule has 1 saturated heterocycles. The Labute approximate surface area is 141 Å². The maximum atomic E-state index is 11.9. The predicted octanol–water partition coefficient (Wildman–Crippen LogP) is 3.72. The Balaban J connectivity index is 1.70. The summed E-state index contributed by atoms with van der Waals surface area (Å²) in [5, 5.41) is 4.50. The van der Waals surface area contributed by atoms with Crippen molar-refractivity contribution in [3.63, 3.8) is 0 Å². The second-order valence-electron chi connectivity index (χ2n) is 7.46. The third-order valence-corrected chi connectivity index (χ3v) is 5.31. The van der Waals surface area contributed by atoms with Crippen molar-refractivity contribution in [1.29, 1.82) is 0 Å². The summed E-state index contributed by atoms with van der Waals surface area (Å²) in [5.41, 5.74) is 1.32. The SMILES string of the molecule is CCC(C)C(=O)CCN1CCC(Cn2cc(C(C)C)cn2)CC1. The van der Waals surface area contributed by atoms with Crippen LogP contribution >= 0.6 is 0 Å². The Bertz CT molecular complexity index is 487. The summed E-state index contributed by atoms with van der Waals surface area (Å²) < 4.78 is 2.11. The van der Waals surface area contributed by atoms with Crippen LogP contribution in [0.15, 0.2) is 12.4 Å². The van der Waals surface area contributed by atoms with Crippen LogP contribution in [0.1, 0.15) is 64.9 Å². The lowest BCUT2D eigenvalue weighted by Crippen LogP contribution is -2.36. The molecule has 0 spiro atoms. The number of rotatable bonds is 8. The minimum atomic E-state index is 0.225. The van der Waals surface area contributed by atoms with Gasteiger partial charge in [0.1, 0.15) is 5.78 Å². The molecule has 1 aromatic heterocycles. The van der Waals surface area contributed by atoms with Crippen LogP contribution in [0.4, 0.5) is 0 Å². The van der Waals surface area contributed by atoms with Crippen molar-refractivity contribution in [3.05, 3.63) is 18.0 Å². The zero-order valence-corrected chi connectivity index (χ0v) is 15.3. The van der Waals surface area contributed by atoms with E-state index in [0.29, 0.717) is 11.7 Å². The van der Waals surface area contributed by atoms with E-state index in [1.807, 2.05) is 13.1 Å². The summed E-state index contributed by atoms with van der Waals surface area (Å²) in [4.78, 5) is 14.4. The zero-order valence-electron chi connectivity index (χ0n) is 15.3. The van der Waals surface area contributed by atoms with E-state index in [2.05, 4.69) is 41.6 Å². The summed E-state index contributed by atoms with van der Waals surface area (Å²) >= 11 is 0. The van der Waals surface area contributed by atoms with E-state index in [9.17, 15) is 4.79 Å². The van der Waals surface area contributed by atoms with Gasteiger partial charge in [-0.05, 0) is 49.8 Å². The smallest absolute Gasteiger partial charge is 0.136 e. The van der Waals surface area contributed by atoms with Gasteiger partial charge in [0.25, 0.3) is 0 Å². The fourth-order valence-electron chi connectivity index (χ4n) is 3.18. The minimum absolute atomic E-state index is 0.225. The van der Waals surface area contributed by atoms with Gasteiger partial charge in [0.05, 0.1) is 6.20 Å². The molecule has 1 atom stereocenters. The fourth-order valence-corrected chi connectivity index (χ4v) is 3.18. The summed E-state index contributed by atoms with van der Waals surface area (Å²) in [6.45, 7) is 12.8. The molecular formula is C19H33N3O. The first-order valence-electron chi connectivity index (χ1n) is 9.27. The quantitative estimate of drug-likeness (QED) is 0.733. The molecule has 1 aliphatic rings. The van der Waals surface area contributed by atoms with Gasteiger partial charge in [0.15, 0.2) is 0 Å². The third-order valence-electron chi connectivity index (χ3n) is 5.31. The number of carbonyl (C=O) groups is 1. The van der Waals surface area contributed by atoms with Gasteiger partial charge in [-0.25, -0.2) is 0 Å². The standard InChI is InChI=1S/C19H33N3O/c1-5-16(4)19(23)8-11-21-9-6-17(7-10-21)13-22-14-18(12-20-22)15(2)3/h12,14-17H,5-11,13H2,1-4H3. The van der Waals surface area contributed by atoms with E-state index in [4.69, 9.17) is 0 Å². The summed E-state index contributed by atoms with van der Waals surface area (Å²) in [5.74, 6) is 1.92. The van der Waals surface area contributed by atoms with Crippen LogP contribution in [0.25, 0.3) is 0 Å². The Hall–Kier alpha value is -1.16. The van der Waals surface area contributed by atoms with E-state index >= 15 is 0 Å². The van der Waals surface area contributed by atoms with Crippen molar-refractivity contribution in [3.8, 4) is 0 Å². The number of hydrogen-bond donors (Lipinski definition) is 0. The topological polar surface area (TPSA) is 38.1 Å². The van der Waals surface area contributed by atoms with E-state index in [1.165, 1.54) is 18.4 Å². The summed E-state index contributed by atoms with van der Waals surface area (Å²) in [6, 6.07) is 0. The number of likely N-dealkylation sites (tertiary alicyclic amines) is 1. The van der Waals surface area contributed by atoms with Crippen molar-refractivity contribution < 1.29 is 4.79 Å². The lowest BCUT2D eigenvalue weighted by molar-refractivity contribution is -0.122. The molecule has 0 aromatic carbocycles. The fraction of sp³-hybridized carbons (Fsp3) is 0.789. The predicted molar refractivity (Wildman–Crippen MR) is 94.6 cm³/mol. The Morgan fingerprint density at radius 3 is 2.57 bits per heavy atom.